The Bertz CT molecular complexity index is 737. The molecular formula is C19H28N2O3S. The minimum Gasteiger partial charge on any atom is -0.312 e. The smallest absolute Gasteiger partial charge is 0.242 e. The van der Waals surface area contributed by atoms with Gasteiger partial charge in [-0.3, -0.25) is 4.79 Å². The molecule has 0 saturated heterocycles. The van der Waals surface area contributed by atoms with Gasteiger partial charge < -0.3 is 4.90 Å². The zero-order chi connectivity index (χ0) is 18.0. The van der Waals surface area contributed by atoms with Crippen molar-refractivity contribution in [1.29, 1.82) is 0 Å². The lowest BCUT2D eigenvalue weighted by Gasteiger charge is -2.23. The van der Waals surface area contributed by atoms with Crippen LogP contribution in [-0.2, 0) is 21.2 Å². The lowest BCUT2D eigenvalue weighted by Crippen LogP contribution is -2.29. The number of sulfonamides is 1. The number of rotatable bonds is 5. The lowest BCUT2D eigenvalue weighted by molar-refractivity contribution is -0.118. The fourth-order valence-corrected chi connectivity index (χ4v) is 4.90. The predicted molar refractivity (Wildman–Crippen MR) is 99.2 cm³/mol. The molecule has 1 amide bonds. The standard InChI is InChI=1S/C19H28N2O3S/c1-20(2)25(23,24)17-9-10-18-16(14-17)12-13-21(18)19(22)11-8-15-6-4-3-5-7-15/h9-10,14-15H,3-8,11-13H2,1-2H3. The topological polar surface area (TPSA) is 57.7 Å². The Morgan fingerprint density at radius 3 is 2.60 bits per heavy atom. The number of carbonyl (C=O) groups excluding carboxylic acids is 1. The highest BCUT2D eigenvalue weighted by molar-refractivity contribution is 7.89. The highest BCUT2D eigenvalue weighted by Gasteiger charge is 2.27. The predicted octanol–water partition coefficient (Wildman–Crippen LogP) is 3.19. The van der Waals surface area contributed by atoms with E-state index >= 15 is 0 Å². The van der Waals surface area contributed by atoms with E-state index in [1.165, 1.54) is 50.5 Å². The van der Waals surface area contributed by atoms with Crippen molar-refractivity contribution in [2.75, 3.05) is 25.5 Å². The van der Waals surface area contributed by atoms with Crippen molar-refractivity contribution in [2.24, 2.45) is 5.92 Å². The number of nitrogens with zero attached hydrogens (tertiary/aromatic N) is 2. The average Bonchev–Trinajstić information content (AvgIpc) is 3.03. The number of hydrogen-bond acceptors (Lipinski definition) is 3. The van der Waals surface area contributed by atoms with Crippen molar-refractivity contribution >= 4 is 21.6 Å². The molecule has 1 aliphatic heterocycles. The van der Waals surface area contributed by atoms with Gasteiger partial charge in [0.2, 0.25) is 15.9 Å². The molecule has 1 aromatic rings. The van der Waals surface area contributed by atoms with E-state index in [0.717, 1.165) is 24.1 Å². The van der Waals surface area contributed by atoms with Crippen LogP contribution in [0.15, 0.2) is 23.1 Å². The van der Waals surface area contributed by atoms with Gasteiger partial charge >= 0.3 is 0 Å². The van der Waals surface area contributed by atoms with Gasteiger partial charge in [-0.1, -0.05) is 32.1 Å². The Balaban J connectivity index is 1.68. The van der Waals surface area contributed by atoms with Crippen molar-refractivity contribution in [2.45, 2.75) is 56.3 Å². The summed E-state index contributed by atoms with van der Waals surface area (Å²) < 4.78 is 25.8. The van der Waals surface area contributed by atoms with E-state index in [1.807, 2.05) is 4.90 Å². The van der Waals surface area contributed by atoms with Crippen molar-refractivity contribution in [1.82, 2.24) is 4.31 Å². The normalized spacial score (nSPS) is 18.6. The average molecular weight is 365 g/mol. The Morgan fingerprint density at radius 1 is 1.20 bits per heavy atom. The number of anilines is 1. The molecule has 1 saturated carbocycles. The third-order valence-electron chi connectivity index (χ3n) is 5.52. The molecule has 0 N–H and O–H groups in total. The fourth-order valence-electron chi connectivity index (χ4n) is 3.95. The van der Waals surface area contributed by atoms with Crippen LogP contribution >= 0.6 is 0 Å². The molecule has 0 bridgehead atoms. The summed E-state index contributed by atoms with van der Waals surface area (Å²) >= 11 is 0. The van der Waals surface area contributed by atoms with Gasteiger partial charge in [-0.05, 0) is 42.5 Å². The zero-order valence-electron chi connectivity index (χ0n) is 15.2. The summed E-state index contributed by atoms with van der Waals surface area (Å²) in [6.07, 6.45) is 8.76. The molecule has 1 aromatic carbocycles. The molecule has 138 valence electrons. The van der Waals surface area contributed by atoms with Crippen molar-refractivity contribution in [3.05, 3.63) is 23.8 Å². The van der Waals surface area contributed by atoms with Crippen LogP contribution in [0.4, 0.5) is 5.69 Å². The first-order chi connectivity index (χ1) is 11.9. The van der Waals surface area contributed by atoms with Crippen molar-refractivity contribution in [3.8, 4) is 0 Å². The molecule has 1 fully saturated rings. The van der Waals surface area contributed by atoms with Gasteiger partial charge in [0, 0.05) is 32.7 Å². The molecule has 25 heavy (non-hydrogen) atoms. The van der Waals surface area contributed by atoms with Crippen LogP contribution in [0.5, 0.6) is 0 Å². The Kier molecular flexibility index (Phi) is 5.49. The van der Waals surface area contributed by atoms with E-state index in [0.29, 0.717) is 23.8 Å². The van der Waals surface area contributed by atoms with Gasteiger partial charge in [0.1, 0.15) is 0 Å². The highest BCUT2D eigenvalue weighted by Crippen LogP contribution is 2.33. The summed E-state index contributed by atoms with van der Waals surface area (Å²) in [5.74, 6) is 0.875. The molecule has 1 aliphatic carbocycles. The summed E-state index contributed by atoms with van der Waals surface area (Å²) in [5.41, 5.74) is 1.83. The summed E-state index contributed by atoms with van der Waals surface area (Å²) in [7, 11) is -0.368. The van der Waals surface area contributed by atoms with Crippen LogP contribution in [0.1, 0.15) is 50.5 Å². The van der Waals surface area contributed by atoms with E-state index in [2.05, 4.69) is 0 Å². The zero-order valence-corrected chi connectivity index (χ0v) is 16.0. The van der Waals surface area contributed by atoms with E-state index in [4.69, 9.17) is 0 Å². The van der Waals surface area contributed by atoms with Gasteiger partial charge in [0.15, 0.2) is 0 Å². The SMILES string of the molecule is CN(C)S(=O)(=O)c1ccc2c(c1)CCN2C(=O)CCC1CCCCC1. The van der Waals surface area contributed by atoms with Gasteiger partial charge in [-0.25, -0.2) is 12.7 Å². The van der Waals surface area contributed by atoms with Crippen LogP contribution in [0.25, 0.3) is 0 Å². The molecular weight excluding hydrogens is 336 g/mol. The third kappa shape index (κ3) is 3.90. The maximum absolute atomic E-state index is 12.6. The third-order valence-corrected chi connectivity index (χ3v) is 7.33. The molecule has 0 aromatic heterocycles. The summed E-state index contributed by atoms with van der Waals surface area (Å²) in [5, 5.41) is 0. The number of carbonyl (C=O) groups is 1. The molecule has 3 rings (SSSR count). The van der Waals surface area contributed by atoms with E-state index in [-0.39, 0.29) is 5.91 Å². The number of hydrogen-bond donors (Lipinski definition) is 0. The summed E-state index contributed by atoms with van der Waals surface area (Å²) in [6.45, 7) is 0.657. The lowest BCUT2D eigenvalue weighted by atomic mass is 9.86. The van der Waals surface area contributed by atoms with Crippen LogP contribution in [-0.4, -0.2) is 39.3 Å². The quantitative estimate of drug-likeness (QED) is 0.806. The first kappa shape index (κ1) is 18.4. The van der Waals surface area contributed by atoms with Crippen LogP contribution in [0.3, 0.4) is 0 Å². The number of benzene rings is 1. The van der Waals surface area contributed by atoms with Gasteiger partial charge in [0.05, 0.1) is 4.90 Å². The Labute approximate surface area is 151 Å². The minimum atomic E-state index is -3.43. The fraction of sp³-hybridized carbons (Fsp3) is 0.632. The Morgan fingerprint density at radius 2 is 1.92 bits per heavy atom. The second-order valence-corrected chi connectivity index (χ2v) is 9.57. The van der Waals surface area contributed by atoms with E-state index in [9.17, 15) is 13.2 Å². The van der Waals surface area contributed by atoms with E-state index < -0.39 is 10.0 Å². The van der Waals surface area contributed by atoms with Crippen LogP contribution in [0, 0.1) is 5.92 Å². The van der Waals surface area contributed by atoms with Crippen LogP contribution in [0.2, 0.25) is 0 Å². The van der Waals surface area contributed by atoms with Crippen molar-refractivity contribution < 1.29 is 13.2 Å². The summed E-state index contributed by atoms with van der Waals surface area (Å²) in [4.78, 5) is 14.8. The second kappa shape index (κ2) is 7.46. The summed E-state index contributed by atoms with van der Waals surface area (Å²) in [6, 6.07) is 5.12. The maximum Gasteiger partial charge on any atom is 0.242 e. The van der Waals surface area contributed by atoms with Gasteiger partial charge in [-0.15, -0.1) is 0 Å². The molecule has 1 heterocycles. The van der Waals surface area contributed by atoms with E-state index in [1.54, 1.807) is 18.2 Å². The van der Waals surface area contributed by atoms with Gasteiger partial charge in [-0.2, -0.15) is 0 Å². The number of fused-ring (bicyclic) bond motifs is 1. The van der Waals surface area contributed by atoms with Crippen LogP contribution < -0.4 is 4.90 Å². The molecule has 0 radical (unpaired) electrons. The first-order valence-corrected chi connectivity index (χ1v) is 10.7. The second-order valence-electron chi connectivity index (χ2n) is 7.42. The molecule has 0 spiro atoms. The number of amides is 1. The molecule has 0 unspecified atom stereocenters. The highest BCUT2D eigenvalue weighted by atomic mass is 32.2. The monoisotopic (exact) mass is 364 g/mol. The minimum absolute atomic E-state index is 0.174. The first-order valence-electron chi connectivity index (χ1n) is 9.25. The Hall–Kier alpha value is -1.40. The molecule has 6 heteroatoms. The maximum atomic E-state index is 12.6. The molecule has 5 nitrogen and oxygen atoms in total. The molecule has 2 aliphatic rings. The molecule has 0 atom stereocenters. The van der Waals surface area contributed by atoms with Gasteiger partial charge in [0.25, 0.3) is 0 Å². The van der Waals surface area contributed by atoms with Crippen molar-refractivity contribution in [3.63, 3.8) is 0 Å². The largest absolute Gasteiger partial charge is 0.312 e.